The molecule has 158 valence electrons. The molecule has 2 aromatic carbocycles. The summed E-state index contributed by atoms with van der Waals surface area (Å²) in [6.07, 6.45) is 4.13. The minimum Gasteiger partial charge on any atom is -0.326 e. The van der Waals surface area contributed by atoms with Crippen molar-refractivity contribution in [3.63, 3.8) is 0 Å². The van der Waals surface area contributed by atoms with Crippen LogP contribution in [0.1, 0.15) is 28.6 Å². The van der Waals surface area contributed by atoms with Gasteiger partial charge in [-0.2, -0.15) is 0 Å². The summed E-state index contributed by atoms with van der Waals surface area (Å²) >= 11 is 1.55. The van der Waals surface area contributed by atoms with Crippen LogP contribution in [0.2, 0.25) is 0 Å². The highest BCUT2D eigenvalue weighted by atomic mass is 32.1. The standard InChI is InChI=1S/C24H24N4O2S/c1-17(29)25-20-10-7-18(8-11-20)9-12-23(30)27-24-26-21-13-14-28(16-22(21)31-24)15-19-5-3-2-4-6-19/h2-12H,13-16H2,1H3,(H,25,29)(H,26,27,30). The molecular formula is C24H24N4O2S. The number of fused-ring (bicyclic) bond motifs is 1. The van der Waals surface area contributed by atoms with E-state index < -0.39 is 0 Å². The van der Waals surface area contributed by atoms with E-state index in [0.717, 1.165) is 43.0 Å². The maximum absolute atomic E-state index is 12.3. The van der Waals surface area contributed by atoms with E-state index in [1.54, 1.807) is 29.5 Å². The van der Waals surface area contributed by atoms with Crippen LogP contribution in [0.5, 0.6) is 0 Å². The number of amides is 2. The van der Waals surface area contributed by atoms with Gasteiger partial charge in [0.05, 0.1) is 5.69 Å². The lowest BCUT2D eigenvalue weighted by molar-refractivity contribution is -0.114. The first kappa shape index (κ1) is 21.0. The molecule has 31 heavy (non-hydrogen) atoms. The Hall–Kier alpha value is -3.29. The smallest absolute Gasteiger partial charge is 0.250 e. The molecule has 0 spiro atoms. The van der Waals surface area contributed by atoms with Crippen molar-refractivity contribution in [1.29, 1.82) is 0 Å². The van der Waals surface area contributed by atoms with Gasteiger partial charge in [0, 0.05) is 49.6 Å². The number of anilines is 2. The monoisotopic (exact) mass is 432 g/mol. The van der Waals surface area contributed by atoms with E-state index in [-0.39, 0.29) is 11.8 Å². The summed E-state index contributed by atoms with van der Waals surface area (Å²) in [4.78, 5) is 31.6. The van der Waals surface area contributed by atoms with Crippen LogP contribution in [0, 0.1) is 0 Å². The lowest BCUT2D eigenvalue weighted by Crippen LogP contribution is -2.29. The molecule has 1 aromatic heterocycles. The van der Waals surface area contributed by atoms with Gasteiger partial charge in [-0.05, 0) is 29.3 Å². The number of nitrogens with zero attached hydrogens (tertiary/aromatic N) is 2. The van der Waals surface area contributed by atoms with E-state index in [1.165, 1.54) is 23.4 Å². The average Bonchev–Trinajstić information content (AvgIpc) is 3.15. The zero-order chi connectivity index (χ0) is 21.6. The van der Waals surface area contributed by atoms with Gasteiger partial charge in [0.1, 0.15) is 0 Å². The third-order valence-corrected chi connectivity index (χ3v) is 5.95. The summed E-state index contributed by atoms with van der Waals surface area (Å²) < 4.78 is 0. The number of benzene rings is 2. The fraction of sp³-hybridized carbons (Fsp3) is 0.208. The molecule has 0 saturated heterocycles. The number of carbonyl (C=O) groups is 2. The van der Waals surface area contributed by atoms with E-state index in [9.17, 15) is 9.59 Å². The van der Waals surface area contributed by atoms with E-state index in [1.807, 2.05) is 18.2 Å². The maximum atomic E-state index is 12.3. The first-order valence-corrected chi connectivity index (χ1v) is 11.0. The van der Waals surface area contributed by atoms with Crippen molar-refractivity contribution in [2.24, 2.45) is 0 Å². The van der Waals surface area contributed by atoms with Gasteiger partial charge in [-0.25, -0.2) is 4.98 Å². The minimum atomic E-state index is -0.210. The Morgan fingerprint density at radius 3 is 2.61 bits per heavy atom. The van der Waals surface area contributed by atoms with Crippen molar-refractivity contribution in [1.82, 2.24) is 9.88 Å². The van der Waals surface area contributed by atoms with Gasteiger partial charge in [0.15, 0.2) is 5.13 Å². The lowest BCUT2D eigenvalue weighted by atomic mass is 10.1. The molecule has 0 atom stereocenters. The molecule has 2 amide bonds. The Kier molecular flexibility index (Phi) is 6.54. The maximum Gasteiger partial charge on any atom is 0.250 e. The molecule has 3 aromatic rings. The van der Waals surface area contributed by atoms with Crippen molar-refractivity contribution >= 4 is 40.0 Å². The number of carbonyl (C=O) groups excluding carboxylic acids is 2. The Balaban J connectivity index is 1.32. The second kappa shape index (κ2) is 9.68. The fourth-order valence-electron chi connectivity index (χ4n) is 3.48. The van der Waals surface area contributed by atoms with Gasteiger partial charge < -0.3 is 5.32 Å². The molecule has 0 aliphatic carbocycles. The summed E-state index contributed by atoms with van der Waals surface area (Å²) in [5.74, 6) is -0.324. The summed E-state index contributed by atoms with van der Waals surface area (Å²) in [6, 6.07) is 17.7. The SMILES string of the molecule is CC(=O)Nc1ccc(C=CC(=O)Nc2nc3c(s2)CN(Cc2ccccc2)CC3)cc1. The Bertz CT molecular complexity index is 1090. The predicted octanol–water partition coefficient (Wildman–Crippen LogP) is 4.31. The zero-order valence-electron chi connectivity index (χ0n) is 17.3. The van der Waals surface area contributed by atoms with Crippen LogP contribution < -0.4 is 10.6 Å². The predicted molar refractivity (Wildman–Crippen MR) is 125 cm³/mol. The minimum absolute atomic E-state index is 0.114. The summed E-state index contributed by atoms with van der Waals surface area (Å²) in [6.45, 7) is 4.21. The number of hydrogen-bond acceptors (Lipinski definition) is 5. The van der Waals surface area contributed by atoms with E-state index in [4.69, 9.17) is 0 Å². The third-order valence-electron chi connectivity index (χ3n) is 4.95. The molecule has 2 N–H and O–H groups in total. The van der Waals surface area contributed by atoms with Gasteiger partial charge in [-0.15, -0.1) is 11.3 Å². The molecule has 2 heterocycles. The van der Waals surface area contributed by atoms with Crippen LogP contribution in [0.25, 0.3) is 6.08 Å². The second-order valence-electron chi connectivity index (χ2n) is 7.46. The van der Waals surface area contributed by atoms with Crippen LogP contribution in [0.3, 0.4) is 0 Å². The molecule has 1 aliphatic rings. The molecule has 0 bridgehead atoms. The van der Waals surface area contributed by atoms with Crippen molar-refractivity contribution in [3.8, 4) is 0 Å². The third kappa shape index (κ3) is 5.87. The molecule has 1 aliphatic heterocycles. The van der Waals surface area contributed by atoms with Crippen LogP contribution in [0.15, 0.2) is 60.7 Å². The van der Waals surface area contributed by atoms with Crippen LogP contribution >= 0.6 is 11.3 Å². The van der Waals surface area contributed by atoms with Gasteiger partial charge in [0.25, 0.3) is 0 Å². The molecule has 0 unspecified atom stereocenters. The van der Waals surface area contributed by atoms with Gasteiger partial charge in [-0.3, -0.25) is 19.8 Å². The Morgan fingerprint density at radius 2 is 1.87 bits per heavy atom. The summed E-state index contributed by atoms with van der Waals surface area (Å²) in [5, 5.41) is 6.24. The lowest BCUT2D eigenvalue weighted by Gasteiger charge is -2.25. The quantitative estimate of drug-likeness (QED) is 0.569. The number of rotatable bonds is 6. The molecule has 0 fully saturated rings. The largest absolute Gasteiger partial charge is 0.326 e. The van der Waals surface area contributed by atoms with Crippen molar-refractivity contribution in [2.45, 2.75) is 26.4 Å². The summed E-state index contributed by atoms with van der Waals surface area (Å²) in [7, 11) is 0. The highest BCUT2D eigenvalue weighted by Gasteiger charge is 2.21. The average molecular weight is 433 g/mol. The number of aromatic nitrogens is 1. The molecule has 7 heteroatoms. The van der Waals surface area contributed by atoms with Crippen molar-refractivity contribution in [2.75, 3.05) is 17.2 Å². The molecular weight excluding hydrogens is 408 g/mol. The van der Waals surface area contributed by atoms with Crippen molar-refractivity contribution in [3.05, 3.63) is 82.4 Å². The summed E-state index contributed by atoms with van der Waals surface area (Å²) in [5.41, 5.74) is 3.99. The van der Waals surface area contributed by atoms with Crippen LogP contribution in [0.4, 0.5) is 10.8 Å². The highest BCUT2D eigenvalue weighted by Crippen LogP contribution is 2.29. The Morgan fingerprint density at radius 1 is 1.10 bits per heavy atom. The van der Waals surface area contributed by atoms with Gasteiger partial charge in [-0.1, -0.05) is 42.5 Å². The van der Waals surface area contributed by atoms with Crippen LogP contribution in [-0.2, 0) is 29.1 Å². The number of nitrogens with one attached hydrogen (secondary N) is 2. The topological polar surface area (TPSA) is 74.3 Å². The van der Waals surface area contributed by atoms with Crippen molar-refractivity contribution < 1.29 is 9.59 Å². The molecule has 0 radical (unpaired) electrons. The van der Waals surface area contributed by atoms with Gasteiger partial charge in [0.2, 0.25) is 11.8 Å². The van der Waals surface area contributed by atoms with Crippen LogP contribution in [-0.4, -0.2) is 28.2 Å². The van der Waals surface area contributed by atoms with E-state index in [0.29, 0.717) is 5.13 Å². The fourth-order valence-corrected chi connectivity index (χ4v) is 4.53. The highest BCUT2D eigenvalue weighted by molar-refractivity contribution is 7.15. The normalized spacial score (nSPS) is 13.7. The first-order chi connectivity index (χ1) is 15.0. The number of hydrogen-bond donors (Lipinski definition) is 2. The Labute approximate surface area is 185 Å². The molecule has 4 rings (SSSR count). The van der Waals surface area contributed by atoms with Gasteiger partial charge >= 0.3 is 0 Å². The first-order valence-electron chi connectivity index (χ1n) is 10.2. The molecule has 6 nitrogen and oxygen atoms in total. The van der Waals surface area contributed by atoms with E-state index in [2.05, 4.69) is 44.8 Å². The second-order valence-corrected chi connectivity index (χ2v) is 8.54. The number of thiazole rings is 1. The van der Waals surface area contributed by atoms with E-state index >= 15 is 0 Å². The zero-order valence-corrected chi connectivity index (χ0v) is 18.1. The molecule has 0 saturated carbocycles.